The van der Waals surface area contributed by atoms with Gasteiger partial charge < -0.3 is 5.43 Å². The normalized spacial score (nSPS) is 11.0. The summed E-state index contributed by atoms with van der Waals surface area (Å²) in [6.07, 6.45) is 0. The van der Waals surface area contributed by atoms with Gasteiger partial charge in [-0.25, -0.2) is 0 Å². The predicted molar refractivity (Wildman–Crippen MR) is 120 cm³/mol. The summed E-state index contributed by atoms with van der Waals surface area (Å²) in [7, 11) is 0. The number of hydrogen-bond acceptors (Lipinski definition) is 2. The smallest absolute Gasteiger partial charge is 0.0648 e. The molecule has 28 heavy (non-hydrogen) atoms. The average Bonchev–Trinajstić information content (AvgIpc) is 2.78. The van der Waals surface area contributed by atoms with Gasteiger partial charge in [0, 0.05) is 10.8 Å². The van der Waals surface area contributed by atoms with Crippen molar-refractivity contribution < 1.29 is 0 Å². The molecule has 0 spiro atoms. The van der Waals surface area contributed by atoms with E-state index in [0.29, 0.717) is 0 Å². The summed E-state index contributed by atoms with van der Waals surface area (Å²) in [5.74, 6) is 6.07. The lowest BCUT2D eigenvalue weighted by atomic mass is 9.87. The van der Waals surface area contributed by atoms with Gasteiger partial charge in [-0.05, 0) is 39.1 Å². The van der Waals surface area contributed by atoms with Crippen LogP contribution in [0.2, 0.25) is 0 Å². The maximum absolute atomic E-state index is 6.07. The quantitative estimate of drug-likeness (QED) is 0.216. The molecule has 0 bridgehead atoms. The van der Waals surface area contributed by atoms with E-state index in [9.17, 15) is 0 Å². The first-order valence-electron chi connectivity index (χ1n) is 9.43. The van der Waals surface area contributed by atoms with Crippen LogP contribution in [0.5, 0.6) is 0 Å². The first-order valence-corrected chi connectivity index (χ1v) is 9.43. The molecule has 0 amide bonds. The van der Waals surface area contributed by atoms with Crippen molar-refractivity contribution in [3.05, 3.63) is 103 Å². The number of rotatable bonds is 3. The largest absolute Gasteiger partial charge is 0.323 e. The van der Waals surface area contributed by atoms with Gasteiger partial charge in [-0.2, -0.15) is 0 Å². The van der Waals surface area contributed by atoms with Gasteiger partial charge in [0.25, 0.3) is 0 Å². The van der Waals surface area contributed by atoms with Gasteiger partial charge in [-0.15, -0.1) is 0 Å². The highest BCUT2D eigenvalue weighted by Crippen LogP contribution is 2.43. The van der Waals surface area contributed by atoms with Crippen molar-refractivity contribution in [3.8, 4) is 22.3 Å². The van der Waals surface area contributed by atoms with E-state index >= 15 is 0 Å². The molecule has 0 fully saturated rings. The van der Waals surface area contributed by atoms with E-state index in [1.54, 1.807) is 0 Å². The molecule has 2 nitrogen and oxygen atoms in total. The number of benzene rings is 5. The van der Waals surface area contributed by atoms with Crippen molar-refractivity contribution in [3.63, 3.8) is 0 Å². The minimum absolute atomic E-state index is 0.963. The van der Waals surface area contributed by atoms with Crippen LogP contribution in [0.3, 0.4) is 0 Å². The van der Waals surface area contributed by atoms with E-state index in [-0.39, 0.29) is 0 Å². The predicted octanol–water partition coefficient (Wildman–Crippen LogP) is 6.61. The zero-order valence-electron chi connectivity index (χ0n) is 15.4. The summed E-state index contributed by atoms with van der Waals surface area (Å²) in [6.45, 7) is 0. The lowest BCUT2D eigenvalue weighted by Crippen LogP contribution is -2.08. The molecule has 0 saturated heterocycles. The first-order chi connectivity index (χ1) is 13.9. The molecule has 5 aromatic carbocycles. The molecule has 5 aromatic rings. The molecule has 0 heterocycles. The molecule has 0 saturated carbocycles. The second-order valence-corrected chi connectivity index (χ2v) is 6.94. The number of fused-ring (bicyclic) bond motifs is 2. The van der Waals surface area contributed by atoms with E-state index in [4.69, 9.17) is 5.84 Å². The molecule has 0 radical (unpaired) electrons. The van der Waals surface area contributed by atoms with Gasteiger partial charge in [0.15, 0.2) is 0 Å². The van der Waals surface area contributed by atoms with E-state index in [1.807, 2.05) is 12.1 Å². The molecular formula is C26H20N2. The third kappa shape index (κ3) is 2.63. The molecule has 3 N–H and O–H groups in total. The lowest BCUT2D eigenvalue weighted by Gasteiger charge is -2.18. The highest BCUT2D eigenvalue weighted by atomic mass is 15.2. The summed E-state index contributed by atoms with van der Waals surface area (Å²) in [4.78, 5) is 0. The molecule has 0 aliphatic carbocycles. The van der Waals surface area contributed by atoms with Crippen LogP contribution in [0.25, 0.3) is 43.8 Å². The SMILES string of the molecule is NNc1c2ccccc2cc2ccc(-c3ccccc3)c(-c3ccccc3)c12. The molecule has 5 rings (SSSR count). The van der Waals surface area contributed by atoms with Gasteiger partial charge >= 0.3 is 0 Å². The van der Waals surface area contributed by atoms with E-state index in [1.165, 1.54) is 33.0 Å². The molecule has 0 aliphatic heterocycles. The van der Waals surface area contributed by atoms with Crippen LogP contribution in [0.4, 0.5) is 5.69 Å². The third-order valence-electron chi connectivity index (χ3n) is 5.32. The zero-order chi connectivity index (χ0) is 18.9. The molecule has 0 unspecified atom stereocenters. The molecular weight excluding hydrogens is 340 g/mol. The minimum Gasteiger partial charge on any atom is -0.323 e. The molecule has 0 atom stereocenters. The van der Waals surface area contributed by atoms with Crippen LogP contribution in [0.1, 0.15) is 0 Å². The summed E-state index contributed by atoms with van der Waals surface area (Å²) in [5.41, 5.74) is 8.74. The Morgan fingerprint density at radius 3 is 1.93 bits per heavy atom. The van der Waals surface area contributed by atoms with Gasteiger partial charge in [-0.3, -0.25) is 5.84 Å². The Balaban J connectivity index is 1.99. The summed E-state index contributed by atoms with van der Waals surface area (Å²) in [5, 5.41) is 4.62. The van der Waals surface area contributed by atoms with Crippen LogP contribution in [-0.4, -0.2) is 0 Å². The lowest BCUT2D eigenvalue weighted by molar-refractivity contribution is 1.38. The Morgan fingerprint density at radius 1 is 0.571 bits per heavy atom. The van der Waals surface area contributed by atoms with Crippen LogP contribution in [-0.2, 0) is 0 Å². The van der Waals surface area contributed by atoms with Gasteiger partial charge in [0.1, 0.15) is 0 Å². The highest BCUT2D eigenvalue weighted by Gasteiger charge is 2.16. The highest BCUT2D eigenvalue weighted by molar-refractivity contribution is 6.18. The van der Waals surface area contributed by atoms with Crippen molar-refractivity contribution in [2.45, 2.75) is 0 Å². The molecule has 2 heteroatoms. The number of nitrogens with one attached hydrogen (secondary N) is 1. The van der Waals surface area contributed by atoms with Gasteiger partial charge in [-0.1, -0.05) is 97.1 Å². The maximum atomic E-state index is 6.07. The molecule has 0 aliphatic rings. The van der Waals surface area contributed by atoms with Gasteiger partial charge in [0.05, 0.1) is 5.69 Å². The molecule has 0 aromatic heterocycles. The summed E-state index contributed by atoms with van der Waals surface area (Å²) in [6, 6.07) is 36.1. The van der Waals surface area contributed by atoms with E-state index in [0.717, 1.165) is 16.5 Å². The summed E-state index contributed by atoms with van der Waals surface area (Å²) < 4.78 is 0. The van der Waals surface area contributed by atoms with Crippen LogP contribution < -0.4 is 11.3 Å². The second-order valence-electron chi connectivity index (χ2n) is 6.94. The Labute approximate surface area is 164 Å². The number of hydrogen-bond donors (Lipinski definition) is 2. The number of anilines is 1. The van der Waals surface area contributed by atoms with Crippen molar-refractivity contribution in [1.29, 1.82) is 0 Å². The Morgan fingerprint density at radius 2 is 1.21 bits per heavy atom. The van der Waals surface area contributed by atoms with Crippen molar-refractivity contribution in [2.24, 2.45) is 5.84 Å². The van der Waals surface area contributed by atoms with Crippen LogP contribution in [0.15, 0.2) is 103 Å². The van der Waals surface area contributed by atoms with E-state index in [2.05, 4.69) is 96.4 Å². The maximum Gasteiger partial charge on any atom is 0.0648 e. The van der Waals surface area contributed by atoms with Crippen molar-refractivity contribution >= 4 is 27.2 Å². The van der Waals surface area contributed by atoms with Gasteiger partial charge in [0.2, 0.25) is 0 Å². The average molecular weight is 360 g/mol. The van der Waals surface area contributed by atoms with Crippen LogP contribution in [0, 0.1) is 0 Å². The third-order valence-corrected chi connectivity index (χ3v) is 5.32. The number of nitrogens with two attached hydrogens (primary N) is 1. The zero-order valence-corrected chi connectivity index (χ0v) is 15.4. The fourth-order valence-electron chi connectivity index (χ4n) is 4.07. The standard InChI is InChI=1S/C26H20N2/c27-28-26-23-14-8-7-13-20(23)17-21-15-16-22(18-9-3-1-4-10-18)24(25(21)26)19-11-5-2-6-12-19/h1-17,28H,27H2. The summed E-state index contributed by atoms with van der Waals surface area (Å²) >= 11 is 0. The Hall–Kier alpha value is -3.62. The van der Waals surface area contributed by atoms with Crippen molar-refractivity contribution in [1.82, 2.24) is 0 Å². The van der Waals surface area contributed by atoms with Crippen molar-refractivity contribution in [2.75, 3.05) is 5.43 Å². The second kappa shape index (κ2) is 6.84. The molecule has 134 valence electrons. The van der Waals surface area contributed by atoms with E-state index < -0.39 is 0 Å². The first kappa shape index (κ1) is 16.5. The topological polar surface area (TPSA) is 38.0 Å². The fraction of sp³-hybridized carbons (Fsp3) is 0. The minimum atomic E-state index is 0.963. The number of hydrazine groups is 1. The Kier molecular flexibility index (Phi) is 4.04. The van der Waals surface area contributed by atoms with Crippen LogP contribution >= 0.6 is 0 Å². The fourth-order valence-corrected chi connectivity index (χ4v) is 4.07. The Bertz CT molecular complexity index is 1280. The number of nitrogen functional groups attached to an aromatic ring is 1. The monoisotopic (exact) mass is 360 g/mol.